The maximum atomic E-state index is 11.2. The number of rotatable bonds is 2. The smallest absolute Gasteiger partial charge is 0.367 e. The molecule has 0 aliphatic carbocycles. The van der Waals surface area contributed by atoms with Crippen LogP contribution in [-0.4, -0.2) is 31.2 Å². The molecule has 1 aliphatic heterocycles. The number of methoxy groups -OCH3 is 1. The van der Waals surface area contributed by atoms with Crippen LogP contribution in [0.15, 0.2) is 11.5 Å². The molecule has 0 saturated carbocycles. The standard InChI is InChI=1S/C10H12N2O2S/c1-14-10(13)9-12-8(6-15-9)7-2-4-11-5-3-7/h2,6,11H,3-5H2,1H3. The first-order valence-corrected chi connectivity index (χ1v) is 5.63. The molecule has 2 rings (SSSR count). The molecule has 0 aromatic carbocycles. The molecule has 1 aromatic heterocycles. The number of esters is 1. The SMILES string of the molecule is COC(=O)c1nc(C2=CCNCC2)cs1. The van der Waals surface area contributed by atoms with Gasteiger partial charge in [-0.15, -0.1) is 11.3 Å². The minimum atomic E-state index is -0.360. The van der Waals surface area contributed by atoms with Crippen molar-refractivity contribution >= 4 is 22.9 Å². The summed E-state index contributed by atoms with van der Waals surface area (Å²) >= 11 is 1.33. The van der Waals surface area contributed by atoms with Gasteiger partial charge < -0.3 is 10.1 Å². The van der Waals surface area contributed by atoms with E-state index in [1.54, 1.807) is 0 Å². The van der Waals surface area contributed by atoms with Gasteiger partial charge in [-0.05, 0) is 18.5 Å². The first kappa shape index (κ1) is 10.3. The summed E-state index contributed by atoms with van der Waals surface area (Å²) < 4.78 is 4.61. The van der Waals surface area contributed by atoms with Gasteiger partial charge >= 0.3 is 5.97 Å². The van der Waals surface area contributed by atoms with Crippen molar-refractivity contribution in [1.82, 2.24) is 10.3 Å². The quantitative estimate of drug-likeness (QED) is 0.769. The second-order valence-corrected chi connectivity index (χ2v) is 4.07. The Bertz CT molecular complexity index is 398. The van der Waals surface area contributed by atoms with E-state index in [9.17, 15) is 4.79 Å². The lowest BCUT2D eigenvalue weighted by Crippen LogP contribution is -2.20. The number of hydrogen-bond donors (Lipinski definition) is 1. The fraction of sp³-hybridized carbons (Fsp3) is 0.400. The molecule has 1 N–H and O–H groups in total. The number of nitrogens with zero attached hydrogens (tertiary/aromatic N) is 1. The molecule has 0 bridgehead atoms. The highest BCUT2D eigenvalue weighted by molar-refractivity contribution is 7.11. The zero-order chi connectivity index (χ0) is 10.7. The predicted octanol–water partition coefficient (Wildman–Crippen LogP) is 1.31. The Hall–Kier alpha value is -1.20. The summed E-state index contributed by atoms with van der Waals surface area (Å²) in [6.07, 6.45) is 3.07. The maximum Gasteiger partial charge on any atom is 0.367 e. The van der Waals surface area contributed by atoms with Crippen LogP contribution >= 0.6 is 11.3 Å². The number of aromatic nitrogens is 1. The van der Waals surface area contributed by atoms with Gasteiger partial charge in [-0.2, -0.15) is 0 Å². The largest absolute Gasteiger partial charge is 0.464 e. The summed E-state index contributed by atoms with van der Waals surface area (Å²) in [5, 5.41) is 5.56. The van der Waals surface area contributed by atoms with E-state index >= 15 is 0 Å². The van der Waals surface area contributed by atoms with E-state index < -0.39 is 0 Å². The summed E-state index contributed by atoms with van der Waals surface area (Å²) in [6.45, 7) is 1.84. The topological polar surface area (TPSA) is 51.2 Å². The van der Waals surface area contributed by atoms with Crippen molar-refractivity contribution in [2.45, 2.75) is 6.42 Å². The highest BCUT2D eigenvalue weighted by atomic mass is 32.1. The fourth-order valence-corrected chi connectivity index (χ4v) is 2.22. The van der Waals surface area contributed by atoms with E-state index in [-0.39, 0.29) is 5.97 Å². The van der Waals surface area contributed by atoms with Crippen LogP contribution in [-0.2, 0) is 4.74 Å². The van der Waals surface area contributed by atoms with Crippen LogP contribution in [0.1, 0.15) is 21.9 Å². The second-order valence-electron chi connectivity index (χ2n) is 3.21. The van der Waals surface area contributed by atoms with Gasteiger partial charge in [0.05, 0.1) is 12.8 Å². The van der Waals surface area contributed by atoms with Crippen LogP contribution in [0.3, 0.4) is 0 Å². The molecule has 0 unspecified atom stereocenters. The zero-order valence-electron chi connectivity index (χ0n) is 8.45. The highest BCUT2D eigenvalue weighted by Crippen LogP contribution is 2.22. The summed E-state index contributed by atoms with van der Waals surface area (Å²) in [5.41, 5.74) is 2.11. The van der Waals surface area contributed by atoms with Gasteiger partial charge in [0.25, 0.3) is 0 Å². The minimum Gasteiger partial charge on any atom is -0.464 e. The molecule has 0 radical (unpaired) electrons. The number of hydrogen-bond acceptors (Lipinski definition) is 5. The van der Waals surface area contributed by atoms with E-state index in [4.69, 9.17) is 0 Å². The molecular formula is C10H12N2O2S. The van der Waals surface area contributed by atoms with Crippen molar-refractivity contribution in [3.05, 3.63) is 22.2 Å². The van der Waals surface area contributed by atoms with Gasteiger partial charge in [-0.1, -0.05) is 6.08 Å². The van der Waals surface area contributed by atoms with Crippen LogP contribution in [0.4, 0.5) is 0 Å². The third-order valence-corrected chi connectivity index (χ3v) is 3.08. The Kier molecular flexibility index (Phi) is 3.13. The van der Waals surface area contributed by atoms with Gasteiger partial charge in [0.2, 0.25) is 5.01 Å². The fourth-order valence-electron chi connectivity index (χ4n) is 1.46. The molecule has 0 atom stereocenters. The summed E-state index contributed by atoms with van der Waals surface area (Å²) in [7, 11) is 1.37. The molecule has 5 heteroatoms. The molecule has 2 heterocycles. The van der Waals surface area contributed by atoms with Crippen molar-refractivity contribution in [1.29, 1.82) is 0 Å². The molecule has 1 aliphatic rings. The third kappa shape index (κ3) is 2.24. The van der Waals surface area contributed by atoms with Crippen LogP contribution in [0.5, 0.6) is 0 Å². The highest BCUT2D eigenvalue weighted by Gasteiger charge is 2.14. The first-order valence-electron chi connectivity index (χ1n) is 4.75. The Morgan fingerprint density at radius 2 is 2.53 bits per heavy atom. The average Bonchev–Trinajstić information content (AvgIpc) is 2.78. The normalized spacial score (nSPS) is 15.9. The van der Waals surface area contributed by atoms with Gasteiger partial charge in [-0.25, -0.2) is 9.78 Å². The average molecular weight is 224 g/mol. The Morgan fingerprint density at radius 1 is 1.67 bits per heavy atom. The zero-order valence-corrected chi connectivity index (χ0v) is 9.26. The van der Waals surface area contributed by atoms with Gasteiger partial charge in [0.1, 0.15) is 0 Å². The number of carbonyl (C=O) groups excluding carboxylic acids is 1. The molecule has 0 saturated heterocycles. The molecule has 1 aromatic rings. The monoisotopic (exact) mass is 224 g/mol. The van der Waals surface area contributed by atoms with E-state index in [0.29, 0.717) is 5.01 Å². The molecule has 0 spiro atoms. The van der Waals surface area contributed by atoms with Crippen molar-refractivity contribution < 1.29 is 9.53 Å². The molecule has 0 amide bonds. The van der Waals surface area contributed by atoms with Crippen LogP contribution < -0.4 is 5.32 Å². The molecular weight excluding hydrogens is 212 g/mol. The number of thiazole rings is 1. The first-order chi connectivity index (χ1) is 7.31. The van der Waals surface area contributed by atoms with Crippen molar-refractivity contribution in [2.75, 3.05) is 20.2 Å². The third-order valence-electron chi connectivity index (χ3n) is 2.26. The molecule has 15 heavy (non-hydrogen) atoms. The number of carbonyl (C=O) groups is 1. The van der Waals surface area contributed by atoms with Gasteiger partial charge in [-0.3, -0.25) is 0 Å². The van der Waals surface area contributed by atoms with Crippen LogP contribution in [0.2, 0.25) is 0 Å². The van der Waals surface area contributed by atoms with E-state index in [2.05, 4.69) is 21.1 Å². The van der Waals surface area contributed by atoms with Crippen molar-refractivity contribution in [2.24, 2.45) is 0 Å². The predicted molar refractivity (Wildman–Crippen MR) is 58.9 cm³/mol. The lowest BCUT2D eigenvalue weighted by Gasteiger charge is -2.11. The number of ether oxygens (including phenoxy) is 1. The maximum absolute atomic E-state index is 11.2. The minimum absolute atomic E-state index is 0.360. The molecule has 0 fully saturated rings. The van der Waals surface area contributed by atoms with Crippen molar-refractivity contribution in [3.8, 4) is 0 Å². The van der Waals surface area contributed by atoms with Gasteiger partial charge in [0.15, 0.2) is 0 Å². The number of nitrogens with one attached hydrogen (secondary N) is 1. The molecule has 80 valence electrons. The van der Waals surface area contributed by atoms with Gasteiger partial charge in [0, 0.05) is 11.9 Å². The Morgan fingerprint density at radius 3 is 3.20 bits per heavy atom. The van der Waals surface area contributed by atoms with Crippen LogP contribution in [0, 0.1) is 0 Å². The lowest BCUT2D eigenvalue weighted by molar-refractivity contribution is 0.0600. The summed E-state index contributed by atoms with van der Waals surface area (Å²) in [4.78, 5) is 15.5. The second kappa shape index (κ2) is 4.55. The van der Waals surface area contributed by atoms with E-state index in [1.807, 2.05) is 5.38 Å². The Labute approximate surface area is 92.0 Å². The van der Waals surface area contributed by atoms with E-state index in [0.717, 1.165) is 25.2 Å². The lowest BCUT2D eigenvalue weighted by atomic mass is 10.1. The van der Waals surface area contributed by atoms with Crippen LogP contribution in [0.25, 0.3) is 5.57 Å². The molecule has 4 nitrogen and oxygen atoms in total. The summed E-state index contributed by atoms with van der Waals surface area (Å²) in [6, 6.07) is 0. The van der Waals surface area contributed by atoms with Crippen molar-refractivity contribution in [3.63, 3.8) is 0 Å². The Balaban J connectivity index is 2.19. The summed E-state index contributed by atoms with van der Waals surface area (Å²) in [5.74, 6) is -0.360. The van der Waals surface area contributed by atoms with E-state index in [1.165, 1.54) is 24.0 Å².